The first kappa shape index (κ1) is 14.7. The van der Waals surface area contributed by atoms with Crippen molar-refractivity contribution >= 4 is 11.8 Å². The monoisotopic (exact) mass is 274 g/mol. The predicted molar refractivity (Wildman–Crippen MR) is 77.9 cm³/mol. The molecule has 0 saturated carbocycles. The highest BCUT2D eigenvalue weighted by Gasteiger charge is 2.42. The van der Waals surface area contributed by atoms with Gasteiger partial charge < -0.3 is 5.32 Å². The summed E-state index contributed by atoms with van der Waals surface area (Å²) in [5, 5.41) is 3.35. The van der Waals surface area contributed by atoms with Crippen LogP contribution >= 0.6 is 0 Å². The van der Waals surface area contributed by atoms with Crippen LogP contribution < -0.4 is 5.32 Å². The van der Waals surface area contributed by atoms with Crippen molar-refractivity contribution in [3.05, 3.63) is 35.9 Å². The second-order valence-electron chi connectivity index (χ2n) is 5.39. The van der Waals surface area contributed by atoms with Gasteiger partial charge >= 0.3 is 0 Å². The molecule has 1 aliphatic heterocycles. The maximum absolute atomic E-state index is 12.2. The summed E-state index contributed by atoms with van der Waals surface area (Å²) in [5.74, 6) is -0.524. The van der Waals surface area contributed by atoms with Crippen LogP contribution in [0.15, 0.2) is 30.3 Å². The number of benzene rings is 1. The second kappa shape index (κ2) is 6.18. The Balaban J connectivity index is 2.17. The van der Waals surface area contributed by atoms with E-state index in [0.717, 1.165) is 12.1 Å². The molecule has 2 amide bonds. The molecule has 1 aliphatic rings. The summed E-state index contributed by atoms with van der Waals surface area (Å²) in [7, 11) is 0. The molecule has 2 rings (SSSR count). The molecule has 1 saturated heterocycles. The Morgan fingerprint density at radius 1 is 1.10 bits per heavy atom. The van der Waals surface area contributed by atoms with Gasteiger partial charge in [-0.05, 0) is 12.1 Å². The Kier molecular flexibility index (Phi) is 4.55. The number of hydrogen-bond acceptors (Lipinski definition) is 3. The second-order valence-corrected chi connectivity index (χ2v) is 5.39. The number of likely N-dealkylation sites (tertiary alicyclic amines) is 1. The van der Waals surface area contributed by atoms with Gasteiger partial charge in [0.1, 0.15) is 0 Å². The van der Waals surface area contributed by atoms with Gasteiger partial charge in [-0.3, -0.25) is 14.5 Å². The number of imide groups is 1. The van der Waals surface area contributed by atoms with Gasteiger partial charge in [0, 0.05) is 18.4 Å². The van der Waals surface area contributed by atoms with Crippen LogP contribution in [0.2, 0.25) is 0 Å². The van der Waals surface area contributed by atoms with Crippen LogP contribution in [0.25, 0.3) is 0 Å². The minimum absolute atomic E-state index is 0.00778. The lowest BCUT2D eigenvalue weighted by atomic mass is 10.00. The molecule has 0 bridgehead atoms. The normalized spacial score (nSPS) is 24.2. The van der Waals surface area contributed by atoms with Crippen molar-refractivity contribution in [1.29, 1.82) is 0 Å². The lowest BCUT2D eigenvalue weighted by molar-refractivity contribution is -0.140. The van der Waals surface area contributed by atoms with Gasteiger partial charge in [-0.1, -0.05) is 51.1 Å². The molecule has 4 heteroatoms. The van der Waals surface area contributed by atoms with E-state index >= 15 is 0 Å². The first-order valence-electron chi connectivity index (χ1n) is 7.19. The topological polar surface area (TPSA) is 49.4 Å². The minimum Gasteiger partial charge on any atom is -0.309 e. The van der Waals surface area contributed by atoms with Gasteiger partial charge in [0.05, 0.1) is 6.04 Å². The lowest BCUT2D eigenvalue weighted by Gasteiger charge is -2.24. The van der Waals surface area contributed by atoms with Gasteiger partial charge in [0.15, 0.2) is 0 Å². The van der Waals surface area contributed by atoms with E-state index in [4.69, 9.17) is 0 Å². The molecule has 3 atom stereocenters. The lowest BCUT2D eigenvalue weighted by Crippen LogP contribution is -2.39. The fraction of sp³-hybridized carbons (Fsp3) is 0.500. The van der Waals surface area contributed by atoms with Crippen LogP contribution in [-0.4, -0.2) is 29.8 Å². The molecule has 0 spiro atoms. The average Bonchev–Trinajstić information content (AvgIpc) is 2.65. The van der Waals surface area contributed by atoms with Crippen LogP contribution in [-0.2, 0) is 9.59 Å². The van der Waals surface area contributed by atoms with E-state index < -0.39 is 0 Å². The van der Waals surface area contributed by atoms with Gasteiger partial charge in [-0.15, -0.1) is 0 Å². The Labute approximate surface area is 120 Å². The summed E-state index contributed by atoms with van der Waals surface area (Å²) < 4.78 is 0. The number of carbonyl (C=O) groups is 2. The maximum atomic E-state index is 12.2. The van der Waals surface area contributed by atoms with Crippen LogP contribution in [0.4, 0.5) is 0 Å². The molecule has 108 valence electrons. The number of hydrogen-bond donors (Lipinski definition) is 1. The summed E-state index contributed by atoms with van der Waals surface area (Å²) in [5.41, 5.74) is 1.10. The zero-order valence-corrected chi connectivity index (χ0v) is 12.3. The number of amides is 2. The summed E-state index contributed by atoms with van der Waals surface area (Å²) >= 11 is 0. The smallest absolute Gasteiger partial charge is 0.232 e. The van der Waals surface area contributed by atoms with Crippen molar-refractivity contribution in [3.8, 4) is 0 Å². The molecule has 1 heterocycles. The van der Waals surface area contributed by atoms with Crippen molar-refractivity contribution < 1.29 is 9.59 Å². The maximum Gasteiger partial charge on any atom is 0.232 e. The molecular formula is C16H22N2O2. The number of nitrogens with one attached hydrogen (secondary N) is 1. The Morgan fingerprint density at radius 2 is 1.65 bits per heavy atom. The fourth-order valence-electron chi connectivity index (χ4n) is 2.61. The third-order valence-corrected chi connectivity index (χ3v) is 4.08. The van der Waals surface area contributed by atoms with E-state index in [-0.39, 0.29) is 29.7 Å². The average molecular weight is 274 g/mol. The molecule has 0 radical (unpaired) electrons. The Morgan fingerprint density at radius 3 is 2.15 bits per heavy atom. The SMILES string of the molecule is CCNC(CN1C(=O)C(C)C(C)C1=O)c1ccccc1. The Bertz CT molecular complexity index is 467. The summed E-state index contributed by atoms with van der Waals surface area (Å²) in [6.45, 7) is 6.88. The van der Waals surface area contributed by atoms with Crippen LogP contribution in [0.1, 0.15) is 32.4 Å². The first-order chi connectivity index (χ1) is 9.56. The van der Waals surface area contributed by atoms with Crippen molar-refractivity contribution in [2.24, 2.45) is 11.8 Å². The zero-order chi connectivity index (χ0) is 14.7. The molecular weight excluding hydrogens is 252 g/mol. The van der Waals surface area contributed by atoms with Gasteiger partial charge in [-0.2, -0.15) is 0 Å². The number of likely N-dealkylation sites (N-methyl/N-ethyl adjacent to an activating group) is 1. The largest absolute Gasteiger partial charge is 0.309 e. The van der Waals surface area contributed by atoms with Crippen molar-refractivity contribution in [2.45, 2.75) is 26.8 Å². The molecule has 0 aliphatic carbocycles. The van der Waals surface area contributed by atoms with Crippen molar-refractivity contribution in [3.63, 3.8) is 0 Å². The van der Waals surface area contributed by atoms with Crippen LogP contribution in [0, 0.1) is 11.8 Å². The van der Waals surface area contributed by atoms with Crippen LogP contribution in [0.3, 0.4) is 0 Å². The minimum atomic E-state index is -0.208. The molecule has 1 aromatic carbocycles. The highest BCUT2D eigenvalue weighted by atomic mass is 16.2. The van der Waals surface area contributed by atoms with E-state index in [0.29, 0.717) is 6.54 Å². The van der Waals surface area contributed by atoms with E-state index in [1.165, 1.54) is 4.90 Å². The number of nitrogens with zero attached hydrogens (tertiary/aromatic N) is 1. The number of rotatable bonds is 5. The third kappa shape index (κ3) is 2.75. The van der Waals surface area contributed by atoms with Crippen molar-refractivity contribution in [2.75, 3.05) is 13.1 Å². The summed E-state index contributed by atoms with van der Waals surface area (Å²) in [6.07, 6.45) is 0. The van der Waals surface area contributed by atoms with Crippen molar-refractivity contribution in [1.82, 2.24) is 10.2 Å². The molecule has 1 N–H and O–H groups in total. The van der Waals surface area contributed by atoms with E-state index in [1.54, 1.807) is 0 Å². The third-order valence-electron chi connectivity index (χ3n) is 4.08. The molecule has 0 aromatic heterocycles. The fourth-order valence-corrected chi connectivity index (χ4v) is 2.61. The van der Waals surface area contributed by atoms with E-state index in [1.807, 2.05) is 51.1 Å². The first-order valence-corrected chi connectivity index (χ1v) is 7.19. The van der Waals surface area contributed by atoms with E-state index in [9.17, 15) is 9.59 Å². The standard InChI is InChI=1S/C16H22N2O2/c1-4-17-14(13-8-6-5-7-9-13)10-18-15(19)11(2)12(3)16(18)20/h5-9,11-12,14,17H,4,10H2,1-3H3. The highest BCUT2D eigenvalue weighted by Crippen LogP contribution is 2.27. The highest BCUT2D eigenvalue weighted by molar-refractivity contribution is 6.04. The molecule has 3 unspecified atom stereocenters. The molecule has 20 heavy (non-hydrogen) atoms. The van der Waals surface area contributed by atoms with Gasteiger partial charge in [-0.25, -0.2) is 0 Å². The predicted octanol–water partition coefficient (Wildman–Crippen LogP) is 1.98. The summed E-state index contributed by atoms with van der Waals surface area (Å²) in [4.78, 5) is 25.8. The molecule has 1 fully saturated rings. The molecule has 4 nitrogen and oxygen atoms in total. The Hall–Kier alpha value is -1.68. The number of carbonyl (C=O) groups excluding carboxylic acids is 2. The van der Waals surface area contributed by atoms with E-state index in [2.05, 4.69) is 5.32 Å². The molecule has 1 aromatic rings. The zero-order valence-electron chi connectivity index (χ0n) is 12.3. The van der Waals surface area contributed by atoms with Gasteiger partial charge in [0.2, 0.25) is 11.8 Å². The van der Waals surface area contributed by atoms with Crippen LogP contribution in [0.5, 0.6) is 0 Å². The van der Waals surface area contributed by atoms with Gasteiger partial charge in [0.25, 0.3) is 0 Å². The quantitative estimate of drug-likeness (QED) is 0.835. The summed E-state index contributed by atoms with van der Waals surface area (Å²) in [6, 6.07) is 9.93.